The number of piperazine rings is 1. The molecule has 1 N–H and O–H groups in total. The summed E-state index contributed by atoms with van der Waals surface area (Å²) < 4.78 is 23.0. The second kappa shape index (κ2) is 9.52. The van der Waals surface area contributed by atoms with Gasteiger partial charge in [0.2, 0.25) is 5.95 Å². The molecule has 0 bridgehead atoms. The van der Waals surface area contributed by atoms with Gasteiger partial charge in [0.15, 0.2) is 17.3 Å². The number of hydrogen-bond donors (Lipinski definition) is 1. The fourth-order valence-electron chi connectivity index (χ4n) is 4.15. The first-order chi connectivity index (χ1) is 18.1. The van der Waals surface area contributed by atoms with Gasteiger partial charge in [-0.3, -0.25) is 0 Å². The fourth-order valence-corrected chi connectivity index (χ4v) is 4.15. The van der Waals surface area contributed by atoms with Crippen molar-refractivity contribution in [3.8, 4) is 11.5 Å². The van der Waals surface area contributed by atoms with Gasteiger partial charge < -0.3 is 19.8 Å². The van der Waals surface area contributed by atoms with Gasteiger partial charge in [-0.25, -0.2) is 33.8 Å². The molecule has 4 aromatic heterocycles. The quantitative estimate of drug-likeness (QED) is 0.369. The number of benzene rings is 1. The average molecular weight is 503 g/mol. The summed E-state index contributed by atoms with van der Waals surface area (Å²) in [6, 6.07) is 6.78. The Bertz CT molecular complexity index is 1590. The maximum Gasteiger partial charge on any atom is 0.226 e. The van der Waals surface area contributed by atoms with Gasteiger partial charge >= 0.3 is 0 Å². The number of nitrogens with zero attached hydrogens (tertiary/aromatic N) is 9. The van der Waals surface area contributed by atoms with Crippen LogP contribution in [0.1, 0.15) is 5.56 Å². The van der Waals surface area contributed by atoms with E-state index in [1.54, 1.807) is 55.2 Å². The number of anilines is 3. The van der Waals surface area contributed by atoms with Crippen LogP contribution in [0.15, 0.2) is 49.3 Å². The van der Waals surface area contributed by atoms with Gasteiger partial charge in [0, 0.05) is 44.0 Å². The van der Waals surface area contributed by atoms with Crippen LogP contribution in [0.5, 0.6) is 11.5 Å². The summed E-state index contributed by atoms with van der Waals surface area (Å²) in [5, 5.41) is 9.02. The van der Waals surface area contributed by atoms with Crippen molar-refractivity contribution in [3.05, 3.63) is 60.7 Å². The zero-order valence-electron chi connectivity index (χ0n) is 20.2. The first-order valence-electron chi connectivity index (χ1n) is 11.6. The molecule has 0 aliphatic carbocycles. The Balaban J connectivity index is 1.26. The predicted octanol–water partition coefficient (Wildman–Crippen LogP) is 3.13. The van der Waals surface area contributed by atoms with Gasteiger partial charge in [-0.15, -0.1) is 0 Å². The summed E-state index contributed by atoms with van der Waals surface area (Å²) in [7, 11) is 1.66. The number of hydrogen-bond acceptors (Lipinski definition) is 11. The molecule has 1 fully saturated rings. The Hall–Kier alpha value is -4.49. The van der Waals surface area contributed by atoms with E-state index in [9.17, 15) is 0 Å². The molecule has 6 rings (SSSR count). The summed E-state index contributed by atoms with van der Waals surface area (Å²) in [6.07, 6.45) is 6.23. The van der Waals surface area contributed by atoms with E-state index in [0.717, 1.165) is 26.2 Å². The number of aromatic nitrogens is 7. The maximum absolute atomic E-state index is 15.4. The number of nitrogens with one attached hydrogen (secondary N) is 1. The van der Waals surface area contributed by atoms with Crippen molar-refractivity contribution in [2.45, 2.75) is 6.92 Å². The van der Waals surface area contributed by atoms with Crippen molar-refractivity contribution in [3.63, 3.8) is 0 Å². The molecule has 13 heteroatoms. The van der Waals surface area contributed by atoms with E-state index in [0.29, 0.717) is 45.5 Å². The minimum atomic E-state index is -0.460. The molecule has 37 heavy (non-hydrogen) atoms. The largest absolute Gasteiger partial charge is 0.457 e. The molecule has 5 aromatic rings. The lowest BCUT2D eigenvalue weighted by atomic mass is 10.1. The first-order valence-corrected chi connectivity index (χ1v) is 11.6. The number of hydroxylamine groups is 2. The molecule has 0 unspecified atom stereocenters. The van der Waals surface area contributed by atoms with E-state index >= 15 is 4.39 Å². The molecule has 0 amide bonds. The van der Waals surface area contributed by atoms with Crippen LogP contribution in [0, 0.1) is 12.7 Å². The van der Waals surface area contributed by atoms with Crippen molar-refractivity contribution >= 4 is 34.1 Å². The van der Waals surface area contributed by atoms with E-state index in [4.69, 9.17) is 14.6 Å². The Morgan fingerprint density at radius 3 is 2.70 bits per heavy atom. The molecular formula is C24H23FN10O2. The van der Waals surface area contributed by atoms with Gasteiger partial charge in [0.05, 0.1) is 19.0 Å². The van der Waals surface area contributed by atoms with E-state index in [-0.39, 0.29) is 5.69 Å². The van der Waals surface area contributed by atoms with Crippen LogP contribution in [-0.2, 0) is 4.84 Å². The van der Waals surface area contributed by atoms with Gasteiger partial charge in [-0.05, 0) is 25.1 Å². The number of rotatable bonds is 6. The van der Waals surface area contributed by atoms with Crippen LogP contribution in [-0.4, -0.2) is 72.9 Å². The monoisotopic (exact) mass is 502 g/mol. The molecule has 1 aliphatic rings. The fraction of sp³-hybridized carbons (Fsp3) is 0.250. The smallest absolute Gasteiger partial charge is 0.226 e. The van der Waals surface area contributed by atoms with Gasteiger partial charge in [-0.1, -0.05) is 0 Å². The van der Waals surface area contributed by atoms with Crippen LogP contribution in [0.25, 0.3) is 16.7 Å². The Kier molecular flexibility index (Phi) is 5.90. The molecular weight excluding hydrogens is 479 g/mol. The molecule has 0 atom stereocenters. The van der Waals surface area contributed by atoms with E-state index < -0.39 is 5.82 Å². The zero-order valence-corrected chi connectivity index (χ0v) is 20.2. The third-order valence-corrected chi connectivity index (χ3v) is 6.21. The molecule has 0 saturated carbocycles. The summed E-state index contributed by atoms with van der Waals surface area (Å²) >= 11 is 0. The van der Waals surface area contributed by atoms with Crippen LogP contribution >= 0.6 is 0 Å². The Morgan fingerprint density at radius 2 is 1.86 bits per heavy atom. The highest BCUT2D eigenvalue weighted by Gasteiger charge is 2.20. The van der Waals surface area contributed by atoms with Crippen LogP contribution in [0.4, 0.5) is 21.8 Å². The number of halogens is 1. The van der Waals surface area contributed by atoms with Gasteiger partial charge in [0.1, 0.15) is 35.2 Å². The Morgan fingerprint density at radius 1 is 1.00 bits per heavy atom. The maximum atomic E-state index is 15.4. The van der Waals surface area contributed by atoms with E-state index in [1.807, 2.05) is 5.06 Å². The third kappa shape index (κ3) is 4.45. The minimum Gasteiger partial charge on any atom is -0.457 e. The van der Waals surface area contributed by atoms with Gasteiger partial charge in [-0.2, -0.15) is 10.2 Å². The average Bonchev–Trinajstić information content (AvgIpc) is 3.41. The predicted molar refractivity (Wildman–Crippen MR) is 133 cm³/mol. The highest BCUT2D eigenvalue weighted by Crippen LogP contribution is 2.33. The summed E-state index contributed by atoms with van der Waals surface area (Å²) in [6.45, 7) is 4.56. The van der Waals surface area contributed by atoms with E-state index in [1.165, 1.54) is 12.7 Å². The number of pyridine rings is 1. The number of ether oxygens (including phenoxy) is 1. The lowest BCUT2D eigenvalue weighted by molar-refractivity contribution is -0.133. The van der Waals surface area contributed by atoms with Crippen molar-refractivity contribution in [2.24, 2.45) is 0 Å². The highest BCUT2D eigenvalue weighted by molar-refractivity contribution is 5.87. The van der Waals surface area contributed by atoms with E-state index in [2.05, 4.69) is 35.3 Å². The lowest BCUT2D eigenvalue weighted by Gasteiger charge is -2.33. The summed E-state index contributed by atoms with van der Waals surface area (Å²) in [5.74, 6) is 1.40. The topological polar surface area (TPSA) is 119 Å². The summed E-state index contributed by atoms with van der Waals surface area (Å²) in [5.41, 5.74) is 2.27. The molecule has 188 valence electrons. The van der Waals surface area contributed by atoms with Crippen molar-refractivity contribution in [1.29, 1.82) is 0 Å². The normalized spacial score (nSPS) is 14.4. The molecule has 0 radical (unpaired) electrons. The standard InChI is InChI=1S/C24H23FN10O2/c1-15-19(37-16-5-6-35-20(11-16)28-14-30-35)4-3-17(21(15)25)31-23-22-18(27-13-29-23)12-26-24(32-22)33-7-9-34(36-2)10-8-33/h3-6,11-14H,7-10H2,1-2H3,(H,27,29,31). The van der Waals surface area contributed by atoms with Gasteiger partial charge in [0.25, 0.3) is 0 Å². The molecule has 12 nitrogen and oxygen atoms in total. The second-order valence-corrected chi connectivity index (χ2v) is 8.43. The molecule has 1 aliphatic heterocycles. The SMILES string of the molecule is CON1CCN(c2ncc3ncnc(Nc4ccc(Oc5ccn6ncnc6c5)c(C)c4F)c3n2)CC1. The zero-order chi connectivity index (χ0) is 25.4. The number of fused-ring (bicyclic) bond motifs is 2. The molecule has 0 spiro atoms. The third-order valence-electron chi connectivity index (χ3n) is 6.21. The molecule has 1 saturated heterocycles. The summed E-state index contributed by atoms with van der Waals surface area (Å²) in [4.78, 5) is 29.3. The van der Waals surface area contributed by atoms with Crippen molar-refractivity contribution in [2.75, 3.05) is 43.5 Å². The second-order valence-electron chi connectivity index (χ2n) is 8.43. The lowest BCUT2D eigenvalue weighted by Crippen LogP contribution is -2.46. The van der Waals surface area contributed by atoms with Crippen LogP contribution in [0.3, 0.4) is 0 Å². The molecule has 1 aromatic carbocycles. The van der Waals surface area contributed by atoms with Crippen LogP contribution < -0.4 is 15.0 Å². The first kappa shape index (κ1) is 22.9. The minimum absolute atomic E-state index is 0.242. The van der Waals surface area contributed by atoms with Crippen molar-refractivity contribution in [1.82, 2.24) is 39.6 Å². The van der Waals surface area contributed by atoms with Crippen molar-refractivity contribution < 1.29 is 14.0 Å². The molecule has 5 heterocycles. The highest BCUT2D eigenvalue weighted by atomic mass is 19.1. The Labute approximate surface area is 210 Å². The van der Waals surface area contributed by atoms with Crippen LogP contribution in [0.2, 0.25) is 0 Å².